The molecule has 1 saturated heterocycles. The summed E-state index contributed by atoms with van der Waals surface area (Å²) < 4.78 is 0.862. The van der Waals surface area contributed by atoms with Crippen LogP contribution in [-0.4, -0.2) is 34.5 Å². The van der Waals surface area contributed by atoms with E-state index >= 15 is 0 Å². The monoisotopic (exact) mass is 449 g/mol. The van der Waals surface area contributed by atoms with E-state index in [1.807, 2.05) is 11.9 Å². The molecule has 0 radical (unpaired) electrons. The molecule has 0 aliphatic carbocycles. The summed E-state index contributed by atoms with van der Waals surface area (Å²) in [4.78, 5) is 14.2. The Labute approximate surface area is 197 Å². The van der Waals surface area contributed by atoms with Gasteiger partial charge in [0.2, 0.25) is 5.91 Å². The number of nitrogens with zero attached hydrogens (tertiary/aromatic N) is 2. The van der Waals surface area contributed by atoms with Crippen LogP contribution in [0.3, 0.4) is 0 Å². The van der Waals surface area contributed by atoms with Gasteiger partial charge in [-0.1, -0.05) is 96.8 Å². The number of allylic oxidation sites excluding steroid dienone is 2. The van der Waals surface area contributed by atoms with Crippen LogP contribution < -0.4 is 0 Å². The maximum atomic E-state index is 12.1. The van der Waals surface area contributed by atoms with Crippen LogP contribution in [0.5, 0.6) is 0 Å². The van der Waals surface area contributed by atoms with E-state index in [0.717, 1.165) is 36.5 Å². The van der Waals surface area contributed by atoms with E-state index in [0.29, 0.717) is 5.91 Å². The molecule has 2 aliphatic rings. The molecule has 0 saturated carbocycles. The summed E-state index contributed by atoms with van der Waals surface area (Å²) in [5, 5.41) is 2.19. The zero-order chi connectivity index (χ0) is 22.0. The lowest BCUT2D eigenvalue weighted by atomic mass is 10.0. The Balaban J connectivity index is 1.42. The fourth-order valence-electron chi connectivity index (χ4n) is 4.79. The quantitative estimate of drug-likeness (QED) is 0.112. The molecule has 31 heavy (non-hydrogen) atoms. The van der Waals surface area contributed by atoms with Crippen molar-refractivity contribution in [1.82, 2.24) is 4.90 Å². The first kappa shape index (κ1) is 26.5. The van der Waals surface area contributed by atoms with Crippen LogP contribution in [-0.2, 0) is 4.79 Å². The van der Waals surface area contributed by atoms with E-state index < -0.39 is 0 Å². The summed E-state index contributed by atoms with van der Waals surface area (Å²) >= 11 is 1.86. The van der Waals surface area contributed by atoms with Gasteiger partial charge in [-0.05, 0) is 31.4 Å². The van der Waals surface area contributed by atoms with E-state index in [2.05, 4.69) is 35.6 Å². The Kier molecular flexibility index (Phi) is 14.4. The fourth-order valence-corrected chi connectivity index (χ4v) is 5.78. The van der Waals surface area contributed by atoms with E-state index in [1.54, 1.807) is 0 Å². The van der Waals surface area contributed by atoms with E-state index in [1.165, 1.54) is 103 Å². The van der Waals surface area contributed by atoms with Gasteiger partial charge in [-0.25, -0.2) is 3.89 Å². The summed E-state index contributed by atoms with van der Waals surface area (Å²) in [6.07, 6.45) is 30.9. The van der Waals surface area contributed by atoms with Crippen molar-refractivity contribution in [3.05, 3.63) is 23.8 Å². The van der Waals surface area contributed by atoms with E-state index in [9.17, 15) is 4.79 Å². The van der Waals surface area contributed by atoms with Crippen molar-refractivity contribution in [3.8, 4) is 0 Å². The van der Waals surface area contributed by atoms with Crippen molar-refractivity contribution in [2.45, 2.75) is 122 Å². The molecule has 0 aromatic carbocycles. The first-order valence-corrected chi connectivity index (χ1v) is 14.3. The summed E-state index contributed by atoms with van der Waals surface area (Å²) in [5.41, 5.74) is 0. The number of carbonyl (C=O) groups excluding carboxylic acids is 1. The van der Waals surface area contributed by atoms with Gasteiger partial charge in [-0.2, -0.15) is 0 Å². The summed E-state index contributed by atoms with van der Waals surface area (Å²) in [7, 11) is 0. The van der Waals surface area contributed by atoms with E-state index in [4.69, 9.17) is 0 Å². The van der Waals surface area contributed by atoms with E-state index in [-0.39, 0.29) is 0 Å². The molecule has 1 unspecified atom stereocenters. The van der Waals surface area contributed by atoms with Gasteiger partial charge < -0.3 is 0 Å². The lowest BCUT2D eigenvalue weighted by Crippen LogP contribution is -2.46. The van der Waals surface area contributed by atoms with Crippen molar-refractivity contribution < 1.29 is 8.68 Å². The molecule has 0 bridgehead atoms. The molecule has 2 rings (SSSR count). The molecule has 1 atom stereocenters. The molecular formula is C27H49N2OS+. The second kappa shape index (κ2) is 16.8. The second-order valence-electron chi connectivity index (χ2n) is 9.66. The Morgan fingerprint density at radius 2 is 1.35 bits per heavy atom. The van der Waals surface area contributed by atoms with Crippen molar-refractivity contribution >= 4 is 17.9 Å². The molecule has 2 heterocycles. The topological polar surface area (TPSA) is 20.3 Å². The van der Waals surface area contributed by atoms with Crippen LogP contribution in [0, 0.1) is 0 Å². The normalized spacial score (nSPS) is 20.8. The molecule has 2 aliphatic heterocycles. The lowest BCUT2D eigenvalue weighted by Gasteiger charge is -2.35. The van der Waals surface area contributed by atoms with Crippen molar-refractivity contribution in [3.63, 3.8) is 0 Å². The molecule has 4 heteroatoms. The van der Waals surface area contributed by atoms with Crippen molar-refractivity contribution in [2.24, 2.45) is 0 Å². The van der Waals surface area contributed by atoms with Gasteiger partial charge in [-0.3, -0.25) is 9.69 Å². The maximum absolute atomic E-state index is 12.1. The largest absolute Gasteiger partial charge is 0.294 e. The highest BCUT2D eigenvalue weighted by Crippen LogP contribution is 2.31. The fraction of sp³-hybridized carbons (Fsp3) is 0.815. The minimum Gasteiger partial charge on any atom is -0.294 e. The Bertz CT molecular complexity index is 533. The third kappa shape index (κ3) is 11.6. The predicted octanol–water partition coefficient (Wildman–Crippen LogP) is 8.33. The standard InChI is InChI=1S/C27H49N2OS/c1-2-3-4-5-6-7-8-9-10-11-12-13-14-15-16-17-23-29(24-18-19-25-31-29)26-28-22-20-21-27(28)30/h18-19,24-25H,2-17,20-23,26H2,1H3/q+1. The van der Waals surface area contributed by atoms with Crippen LogP contribution in [0.4, 0.5) is 0 Å². The van der Waals surface area contributed by atoms with Gasteiger partial charge >= 0.3 is 0 Å². The third-order valence-electron chi connectivity index (χ3n) is 6.79. The number of amides is 1. The number of likely N-dealkylation sites (tertiary alicyclic amines) is 1. The van der Waals surface area contributed by atoms with Gasteiger partial charge in [-0.15, -0.1) is 0 Å². The van der Waals surface area contributed by atoms with Gasteiger partial charge in [0, 0.05) is 18.4 Å². The minimum atomic E-state index is 0.341. The summed E-state index contributed by atoms with van der Waals surface area (Å²) in [6.45, 7) is 5.20. The first-order valence-electron chi connectivity index (χ1n) is 13.4. The predicted molar refractivity (Wildman–Crippen MR) is 136 cm³/mol. The van der Waals surface area contributed by atoms with Crippen LogP contribution in [0.1, 0.15) is 122 Å². The zero-order valence-electron chi connectivity index (χ0n) is 20.4. The van der Waals surface area contributed by atoms with Gasteiger partial charge in [0.25, 0.3) is 0 Å². The number of rotatable bonds is 19. The maximum Gasteiger partial charge on any atom is 0.226 e. The van der Waals surface area contributed by atoms with Crippen LogP contribution in [0.2, 0.25) is 0 Å². The summed E-state index contributed by atoms with van der Waals surface area (Å²) in [6, 6.07) is 0. The van der Waals surface area contributed by atoms with Crippen molar-refractivity contribution in [2.75, 3.05) is 19.8 Å². The highest BCUT2D eigenvalue weighted by molar-refractivity contribution is 7.96. The number of hydrogen-bond donors (Lipinski definition) is 0. The molecule has 1 amide bonds. The molecular weight excluding hydrogens is 400 g/mol. The number of unbranched alkanes of at least 4 members (excludes halogenated alkanes) is 15. The molecule has 1 fully saturated rings. The van der Waals surface area contributed by atoms with Crippen LogP contribution >= 0.6 is 11.9 Å². The number of hydrogen-bond acceptors (Lipinski definition) is 2. The summed E-state index contributed by atoms with van der Waals surface area (Å²) in [5.74, 6) is 0.341. The van der Waals surface area contributed by atoms with Crippen molar-refractivity contribution in [1.29, 1.82) is 0 Å². The molecule has 178 valence electrons. The SMILES string of the molecule is CCCCCCCCCCCCCCCCCC[N+]1(CN2CCCC2=O)C=CC=CS1. The first-order chi connectivity index (χ1) is 15.3. The highest BCUT2D eigenvalue weighted by atomic mass is 32.2. The molecule has 0 aromatic rings. The average molecular weight is 450 g/mol. The van der Waals surface area contributed by atoms with Gasteiger partial charge in [0.15, 0.2) is 6.67 Å². The molecule has 0 N–H and O–H groups in total. The van der Waals surface area contributed by atoms with Crippen LogP contribution in [0.25, 0.3) is 0 Å². The van der Waals surface area contributed by atoms with Gasteiger partial charge in [0.05, 0.1) is 6.54 Å². The lowest BCUT2D eigenvalue weighted by molar-refractivity contribution is -0.751. The second-order valence-corrected chi connectivity index (χ2v) is 10.9. The molecule has 3 nitrogen and oxygen atoms in total. The zero-order valence-corrected chi connectivity index (χ0v) is 21.2. The molecule has 0 aromatic heterocycles. The Hall–Kier alpha value is -0.740. The minimum absolute atomic E-state index is 0.341. The number of quaternary nitrogens is 1. The highest BCUT2D eigenvalue weighted by Gasteiger charge is 2.33. The Morgan fingerprint density at radius 3 is 1.81 bits per heavy atom. The van der Waals surface area contributed by atoms with Gasteiger partial charge in [0.1, 0.15) is 18.1 Å². The van der Waals surface area contributed by atoms with Crippen LogP contribution in [0.15, 0.2) is 23.8 Å². The third-order valence-corrected chi connectivity index (χ3v) is 7.91. The average Bonchev–Trinajstić information content (AvgIpc) is 3.18. The Morgan fingerprint density at radius 1 is 0.806 bits per heavy atom. The number of carbonyl (C=O) groups is 1. The smallest absolute Gasteiger partial charge is 0.226 e. The molecule has 0 spiro atoms.